The third-order valence-corrected chi connectivity index (χ3v) is 6.22. The number of thiazole rings is 1. The smallest absolute Gasteiger partial charge is 0.358 e. The van der Waals surface area contributed by atoms with Crippen molar-refractivity contribution in [2.24, 2.45) is 0 Å². The number of nitrogens with zero attached hydrogens (tertiary/aromatic N) is 5. The molecule has 1 aliphatic rings. The summed E-state index contributed by atoms with van der Waals surface area (Å²) in [5.41, 5.74) is -0.428. The predicted molar refractivity (Wildman–Crippen MR) is 106 cm³/mol. The SMILES string of the molecule is COC(=O)c1nc(NC(=O)C2(n3cnnn3)CCCCC2)sc1-c1cccc(F)c1. The van der Waals surface area contributed by atoms with Gasteiger partial charge in [-0.3, -0.25) is 10.1 Å². The van der Waals surface area contributed by atoms with Gasteiger partial charge in [0, 0.05) is 0 Å². The van der Waals surface area contributed by atoms with Crippen LogP contribution in [0.4, 0.5) is 9.52 Å². The lowest BCUT2D eigenvalue weighted by atomic mass is 9.81. The highest BCUT2D eigenvalue weighted by atomic mass is 32.1. The van der Waals surface area contributed by atoms with E-state index in [4.69, 9.17) is 4.74 Å². The summed E-state index contributed by atoms with van der Waals surface area (Å²) >= 11 is 1.08. The largest absolute Gasteiger partial charge is 0.464 e. The highest BCUT2D eigenvalue weighted by Crippen LogP contribution is 2.38. The molecule has 0 spiro atoms. The number of benzene rings is 1. The quantitative estimate of drug-likeness (QED) is 0.619. The van der Waals surface area contributed by atoms with Crippen molar-refractivity contribution in [3.63, 3.8) is 0 Å². The number of amides is 1. The van der Waals surface area contributed by atoms with E-state index in [0.29, 0.717) is 23.3 Å². The van der Waals surface area contributed by atoms with Crippen LogP contribution in [0.3, 0.4) is 0 Å². The number of nitrogens with one attached hydrogen (secondary N) is 1. The molecule has 0 unspecified atom stereocenters. The monoisotopic (exact) mass is 430 g/mol. The van der Waals surface area contributed by atoms with Crippen molar-refractivity contribution >= 4 is 28.3 Å². The Morgan fingerprint density at radius 1 is 1.27 bits per heavy atom. The van der Waals surface area contributed by atoms with Gasteiger partial charge in [0.1, 0.15) is 17.7 Å². The Morgan fingerprint density at radius 2 is 2.07 bits per heavy atom. The van der Waals surface area contributed by atoms with Gasteiger partial charge in [-0.25, -0.2) is 18.9 Å². The Kier molecular flexibility index (Phi) is 5.53. The van der Waals surface area contributed by atoms with Crippen molar-refractivity contribution in [1.29, 1.82) is 0 Å². The Labute approximate surface area is 175 Å². The number of anilines is 1. The van der Waals surface area contributed by atoms with E-state index in [2.05, 4.69) is 25.8 Å². The van der Waals surface area contributed by atoms with E-state index in [1.165, 1.54) is 30.3 Å². The van der Waals surface area contributed by atoms with Crippen molar-refractivity contribution in [2.45, 2.75) is 37.6 Å². The van der Waals surface area contributed by atoms with Crippen LogP contribution in [0.15, 0.2) is 30.6 Å². The molecule has 156 valence electrons. The van der Waals surface area contributed by atoms with Gasteiger partial charge < -0.3 is 4.74 Å². The predicted octanol–water partition coefficient (Wildman–Crippen LogP) is 3.02. The molecule has 1 amide bonds. The van der Waals surface area contributed by atoms with Crippen molar-refractivity contribution < 1.29 is 18.7 Å². The van der Waals surface area contributed by atoms with Gasteiger partial charge in [0.15, 0.2) is 10.8 Å². The van der Waals surface area contributed by atoms with E-state index < -0.39 is 17.3 Å². The standard InChI is InChI=1S/C19H19FN6O3S/c1-29-16(27)14-15(12-6-5-7-13(20)10-12)30-18(22-14)23-17(28)19(8-3-2-4-9-19)26-11-21-24-25-26/h5-7,10-11H,2-4,8-9H2,1H3,(H,22,23,28). The van der Waals surface area contributed by atoms with Gasteiger partial charge in [-0.2, -0.15) is 0 Å². The number of methoxy groups -OCH3 is 1. The van der Waals surface area contributed by atoms with E-state index in [-0.39, 0.29) is 16.7 Å². The Balaban J connectivity index is 1.69. The van der Waals surface area contributed by atoms with Gasteiger partial charge in [0.2, 0.25) is 0 Å². The van der Waals surface area contributed by atoms with Crippen LogP contribution in [-0.2, 0) is 15.1 Å². The van der Waals surface area contributed by atoms with E-state index >= 15 is 0 Å². The van der Waals surface area contributed by atoms with Gasteiger partial charge in [-0.05, 0) is 41.0 Å². The average molecular weight is 430 g/mol. The molecular formula is C19H19FN6O3S. The van der Waals surface area contributed by atoms with Gasteiger partial charge in [0.05, 0.1) is 12.0 Å². The summed E-state index contributed by atoms with van der Waals surface area (Å²) in [5, 5.41) is 14.3. The minimum Gasteiger partial charge on any atom is -0.464 e. The normalized spacial score (nSPS) is 15.5. The number of rotatable bonds is 5. The number of halogens is 1. The van der Waals surface area contributed by atoms with Crippen molar-refractivity contribution in [1.82, 2.24) is 25.2 Å². The first-order valence-electron chi connectivity index (χ1n) is 9.43. The third-order valence-electron chi connectivity index (χ3n) is 5.20. The highest BCUT2D eigenvalue weighted by Gasteiger charge is 2.43. The molecule has 1 aliphatic carbocycles. The zero-order valence-corrected chi connectivity index (χ0v) is 17.0. The first kappa shape index (κ1) is 20.1. The van der Waals surface area contributed by atoms with Gasteiger partial charge in [-0.1, -0.05) is 42.7 Å². The van der Waals surface area contributed by atoms with Crippen LogP contribution in [-0.4, -0.2) is 44.2 Å². The van der Waals surface area contributed by atoms with Crippen LogP contribution in [0.1, 0.15) is 42.6 Å². The summed E-state index contributed by atoms with van der Waals surface area (Å²) in [5.74, 6) is -1.41. The second kappa shape index (κ2) is 8.27. The van der Waals surface area contributed by atoms with Crippen LogP contribution in [0, 0.1) is 5.82 Å². The van der Waals surface area contributed by atoms with E-state index in [1.807, 2.05) is 0 Å². The lowest BCUT2D eigenvalue weighted by molar-refractivity contribution is -0.126. The number of tetrazole rings is 1. The van der Waals surface area contributed by atoms with Crippen LogP contribution in [0.2, 0.25) is 0 Å². The molecule has 9 nitrogen and oxygen atoms in total. The fraction of sp³-hybridized carbons (Fsp3) is 0.368. The van der Waals surface area contributed by atoms with Crippen LogP contribution in [0.25, 0.3) is 10.4 Å². The van der Waals surface area contributed by atoms with Gasteiger partial charge in [0.25, 0.3) is 5.91 Å². The number of aromatic nitrogens is 5. The average Bonchev–Trinajstić information content (AvgIpc) is 3.44. The molecule has 1 N–H and O–H groups in total. The summed E-state index contributed by atoms with van der Waals surface area (Å²) in [6, 6.07) is 5.82. The first-order chi connectivity index (χ1) is 14.5. The third kappa shape index (κ3) is 3.67. The molecular weight excluding hydrogens is 411 g/mol. The zero-order valence-electron chi connectivity index (χ0n) is 16.2. The molecule has 0 atom stereocenters. The molecule has 11 heteroatoms. The summed E-state index contributed by atoms with van der Waals surface area (Å²) in [6.07, 6.45) is 5.39. The Morgan fingerprint density at radius 3 is 2.73 bits per heavy atom. The molecule has 1 saturated carbocycles. The fourth-order valence-electron chi connectivity index (χ4n) is 3.70. The molecule has 0 aliphatic heterocycles. The number of carbonyl (C=O) groups is 2. The Hall–Kier alpha value is -3.21. The number of hydrogen-bond donors (Lipinski definition) is 1. The molecule has 2 aromatic heterocycles. The van der Waals surface area contributed by atoms with Crippen molar-refractivity contribution in [3.8, 4) is 10.4 Å². The van der Waals surface area contributed by atoms with Crippen molar-refractivity contribution in [3.05, 3.63) is 42.1 Å². The summed E-state index contributed by atoms with van der Waals surface area (Å²) in [4.78, 5) is 30.2. The van der Waals surface area contributed by atoms with Crippen molar-refractivity contribution in [2.75, 3.05) is 12.4 Å². The maximum atomic E-state index is 13.7. The molecule has 2 heterocycles. The van der Waals surface area contributed by atoms with E-state index in [1.54, 1.807) is 12.1 Å². The molecule has 4 rings (SSSR count). The van der Waals surface area contributed by atoms with E-state index in [9.17, 15) is 14.0 Å². The summed E-state index contributed by atoms with van der Waals surface area (Å²) in [7, 11) is 1.24. The van der Waals surface area contributed by atoms with E-state index in [0.717, 1.165) is 30.6 Å². The molecule has 30 heavy (non-hydrogen) atoms. The molecule has 3 aromatic rings. The molecule has 1 fully saturated rings. The maximum absolute atomic E-state index is 13.7. The summed E-state index contributed by atoms with van der Waals surface area (Å²) < 4.78 is 20.0. The van der Waals surface area contributed by atoms with Gasteiger partial charge in [-0.15, -0.1) is 5.10 Å². The maximum Gasteiger partial charge on any atom is 0.358 e. The number of esters is 1. The minimum atomic E-state index is -0.919. The lowest BCUT2D eigenvalue weighted by Crippen LogP contribution is -2.47. The number of hydrogen-bond acceptors (Lipinski definition) is 8. The highest BCUT2D eigenvalue weighted by molar-refractivity contribution is 7.19. The molecule has 0 saturated heterocycles. The molecule has 1 aromatic carbocycles. The van der Waals surface area contributed by atoms with Crippen LogP contribution >= 0.6 is 11.3 Å². The molecule has 0 radical (unpaired) electrons. The number of carbonyl (C=O) groups excluding carboxylic acids is 2. The second-order valence-electron chi connectivity index (χ2n) is 7.00. The first-order valence-corrected chi connectivity index (χ1v) is 10.3. The lowest BCUT2D eigenvalue weighted by Gasteiger charge is -2.34. The Bertz CT molecular complexity index is 1060. The minimum absolute atomic E-state index is 0.0171. The van der Waals surface area contributed by atoms with Gasteiger partial charge >= 0.3 is 5.97 Å². The fourth-order valence-corrected chi connectivity index (χ4v) is 4.65. The zero-order chi connectivity index (χ0) is 21.1. The number of ether oxygens (including phenoxy) is 1. The van der Waals surface area contributed by atoms with Crippen LogP contribution in [0.5, 0.6) is 0 Å². The second-order valence-corrected chi connectivity index (χ2v) is 8.00. The summed E-state index contributed by atoms with van der Waals surface area (Å²) in [6.45, 7) is 0. The molecule has 0 bridgehead atoms. The van der Waals surface area contributed by atoms with Crippen LogP contribution < -0.4 is 5.32 Å². The topological polar surface area (TPSA) is 112 Å².